The van der Waals surface area contributed by atoms with Crippen molar-refractivity contribution in [3.05, 3.63) is 42.4 Å². The largest absolute Gasteiger partial charge is 0.357 e. The van der Waals surface area contributed by atoms with Gasteiger partial charge in [-0.1, -0.05) is 6.92 Å². The van der Waals surface area contributed by atoms with Crippen LogP contribution in [0.5, 0.6) is 0 Å². The Labute approximate surface area is 148 Å². The van der Waals surface area contributed by atoms with Gasteiger partial charge in [-0.3, -0.25) is 0 Å². The van der Waals surface area contributed by atoms with Crippen LogP contribution in [0.2, 0.25) is 0 Å². The van der Waals surface area contributed by atoms with E-state index >= 15 is 0 Å². The van der Waals surface area contributed by atoms with Gasteiger partial charge in [0.1, 0.15) is 0 Å². The predicted molar refractivity (Wildman–Crippen MR) is 99.9 cm³/mol. The van der Waals surface area contributed by atoms with E-state index in [0.29, 0.717) is 6.54 Å². The Morgan fingerprint density at radius 3 is 2.82 bits per heavy atom. The minimum Gasteiger partial charge on any atom is -0.357 e. The first-order valence-electron chi connectivity index (χ1n) is 7.30. The molecule has 0 spiro atoms. The summed E-state index contributed by atoms with van der Waals surface area (Å²) in [4.78, 5) is 8.90. The van der Waals surface area contributed by atoms with E-state index in [2.05, 4.69) is 39.6 Å². The molecule has 2 aromatic rings. The maximum absolute atomic E-state index is 4.58. The Morgan fingerprint density at radius 1 is 1.27 bits per heavy atom. The van der Waals surface area contributed by atoms with Crippen molar-refractivity contribution >= 4 is 29.9 Å². The van der Waals surface area contributed by atoms with Crippen molar-refractivity contribution in [2.24, 2.45) is 4.99 Å². The highest BCUT2D eigenvalue weighted by molar-refractivity contribution is 14.0. The van der Waals surface area contributed by atoms with Crippen LogP contribution in [0.3, 0.4) is 0 Å². The van der Waals surface area contributed by atoms with Gasteiger partial charge >= 0.3 is 0 Å². The van der Waals surface area contributed by atoms with Crippen molar-refractivity contribution in [3.8, 4) is 5.82 Å². The molecular weight excluding hydrogens is 391 g/mol. The highest BCUT2D eigenvalue weighted by Gasteiger charge is 2.01. The summed E-state index contributed by atoms with van der Waals surface area (Å²) in [6, 6.07) is 5.85. The van der Waals surface area contributed by atoms with Crippen LogP contribution < -0.4 is 10.6 Å². The lowest BCUT2D eigenvalue weighted by molar-refractivity contribution is 0.784. The van der Waals surface area contributed by atoms with E-state index in [1.807, 2.05) is 24.4 Å². The molecule has 7 heteroatoms. The molecule has 6 nitrogen and oxygen atoms in total. The lowest BCUT2D eigenvalue weighted by Crippen LogP contribution is -2.37. The Hall–Kier alpha value is -1.64. The highest BCUT2D eigenvalue weighted by Crippen LogP contribution is 2.07. The normalized spacial score (nSPS) is 10.9. The van der Waals surface area contributed by atoms with Crippen LogP contribution in [0.4, 0.5) is 0 Å². The van der Waals surface area contributed by atoms with Gasteiger partial charge in [-0.05, 0) is 37.1 Å². The molecule has 2 N–H and O–H groups in total. The first-order valence-corrected chi connectivity index (χ1v) is 7.30. The average molecular weight is 414 g/mol. The van der Waals surface area contributed by atoms with Crippen LogP contribution in [0.1, 0.15) is 25.8 Å². The van der Waals surface area contributed by atoms with Crippen LogP contribution in [0.25, 0.3) is 5.82 Å². The van der Waals surface area contributed by atoms with Crippen molar-refractivity contribution in [1.29, 1.82) is 0 Å². The summed E-state index contributed by atoms with van der Waals surface area (Å²) in [5.74, 6) is 1.65. The van der Waals surface area contributed by atoms with Gasteiger partial charge in [0, 0.05) is 31.7 Å². The summed E-state index contributed by atoms with van der Waals surface area (Å²) >= 11 is 0. The zero-order valence-corrected chi connectivity index (χ0v) is 15.3. The van der Waals surface area contributed by atoms with Gasteiger partial charge in [0.2, 0.25) is 0 Å². The molecule has 0 unspecified atom stereocenters. The third-order valence-electron chi connectivity index (χ3n) is 2.86. The van der Waals surface area contributed by atoms with Gasteiger partial charge < -0.3 is 10.6 Å². The Morgan fingerprint density at radius 2 is 2.14 bits per heavy atom. The fraction of sp³-hybridized carbons (Fsp3) is 0.400. The smallest absolute Gasteiger partial charge is 0.191 e. The van der Waals surface area contributed by atoms with Crippen LogP contribution >= 0.6 is 24.0 Å². The van der Waals surface area contributed by atoms with Crippen molar-refractivity contribution in [2.45, 2.75) is 26.8 Å². The number of hydrogen-bond donors (Lipinski definition) is 2. The Kier molecular flexibility index (Phi) is 8.49. The lowest BCUT2D eigenvalue weighted by atomic mass is 10.2. The van der Waals surface area contributed by atoms with Crippen molar-refractivity contribution in [3.63, 3.8) is 0 Å². The average Bonchev–Trinajstić information content (AvgIpc) is 3.05. The molecule has 0 radical (unpaired) electrons. The third-order valence-corrected chi connectivity index (χ3v) is 2.86. The van der Waals surface area contributed by atoms with Crippen LogP contribution in [0, 0.1) is 0 Å². The zero-order chi connectivity index (χ0) is 14.9. The molecule has 0 atom stereocenters. The van der Waals surface area contributed by atoms with Gasteiger partial charge in [0.25, 0.3) is 0 Å². The molecule has 0 saturated heterocycles. The van der Waals surface area contributed by atoms with Crippen molar-refractivity contribution < 1.29 is 0 Å². The second-order valence-corrected chi connectivity index (χ2v) is 4.59. The SMILES string of the molecule is CCCNC(=NCc1ccnc(-n2cccn2)c1)NCC.I. The fourth-order valence-electron chi connectivity index (χ4n) is 1.84. The first-order chi connectivity index (χ1) is 10.3. The summed E-state index contributed by atoms with van der Waals surface area (Å²) in [6.45, 7) is 6.57. The molecular formula is C15H23IN6. The van der Waals surface area contributed by atoms with E-state index in [0.717, 1.165) is 36.9 Å². The maximum Gasteiger partial charge on any atom is 0.191 e. The minimum atomic E-state index is 0. The number of rotatable bonds is 6. The van der Waals surface area contributed by atoms with Crippen LogP contribution in [0.15, 0.2) is 41.8 Å². The standard InChI is InChI=1S/C15H22N6.HI/c1-3-7-18-15(16-4-2)19-12-13-6-9-17-14(11-13)21-10-5-8-20-21;/h5-6,8-11H,3-4,7,12H2,1-2H3,(H2,16,18,19);1H. The minimum absolute atomic E-state index is 0. The number of hydrogen-bond acceptors (Lipinski definition) is 3. The quantitative estimate of drug-likeness (QED) is 0.433. The molecule has 0 saturated carbocycles. The molecule has 0 aromatic carbocycles. The topological polar surface area (TPSA) is 67.1 Å². The molecule has 2 rings (SSSR count). The van der Waals surface area contributed by atoms with Gasteiger partial charge in [-0.2, -0.15) is 5.10 Å². The van der Waals surface area contributed by atoms with E-state index < -0.39 is 0 Å². The molecule has 120 valence electrons. The third kappa shape index (κ3) is 5.63. The summed E-state index contributed by atoms with van der Waals surface area (Å²) < 4.78 is 1.74. The second kappa shape index (κ2) is 10.1. The highest BCUT2D eigenvalue weighted by atomic mass is 127. The summed E-state index contributed by atoms with van der Waals surface area (Å²) in [6.07, 6.45) is 6.48. The van der Waals surface area contributed by atoms with Crippen LogP contribution in [-0.2, 0) is 6.54 Å². The lowest BCUT2D eigenvalue weighted by Gasteiger charge is -2.10. The maximum atomic E-state index is 4.58. The van der Waals surface area contributed by atoms with Crippen molar-refractivity contribution in [2.75, 3.05) is 13.1 Å². The van der Waals surface area contributed by atoms with E-state index in [-0.39, 0.29) is 24.0 Å². The van der Waals surface area contributed by atoms with Gasteiger partial charge in [-0.25, -0.2) is 14.7 Å². The van der Waals surface area contributed by atoms with E-state index in [9.17, 15) is 0 Å². The number of nitrogens with zero attached hydrogens (tertiary/aromatic N) is 4. The fourth-order valence-corrected chi connectivity index (χ4v) is 1.84. The summed E-state index contributed by atoms with van der Waals surface area (Å²) in [7, 11) is 0. The van der Waals surface area contributed by atoms with E-state index in [1.54, 1.807) is 17.1 Å². The number of guanidine groups is 1. The predicted octanol–water partition coefficient (Wildman–Crippen LogP) is 2.35. The molecule has 0 aliphatic rings. The number of nitrogens with one attached hydrogen (secondary N) is 2. The number of aliphatic imine (C=N–C) groups is 1. The Bertz CT molecular complexity index is 567. The van der Waals surface area contributed by atoms with E-state index in [4.69, 9.17) is 0 Å². The summed E-state index contributed by atoms with van der Waals surface area (Å²) in [5, 5.41) is 10.7. The Balaban J connectivity index is 0.00000242. The molecule has 2 heterocycles. The number of halogens is 1. The second-order valence-electron chi connectivity index (χ2n) is 4.59. The zero-order valence-electron chi connectivity index (χ0n) is 13.0. The first kappa shape index (κ1) is 18.4. The molecule has 0 amide bonds. The molecule has 2 aromatic heterocycles. The van der Waals surface area contributed by atoms with Gasteiger partial charge in [0.15, 0.2) is 11.8 Å². The van der Waals surface area contributed by atoms with Gasteiger partial charge in [-0.15, -0.1) is 24.0 Å². The van der Waals surface area contributed by atoms with E-state index in [1.165, 1.54) is 0 Å². The number of pyridine rings is 1. The van der Waals surface area contributed by atoms with Crippen molar-refractivity contribution in [1.82, 2.24) is 25.4 Å². The molecule has 22 heavy (non-hydrogen) atoms. The molecule has 0 fully saturated rings. The van der Waals surface area contributed by atoms with Gasteiger partial charge in [0.05, 0.1) is 6.54 Å². The summed E-state index contributed by atoms with van der Waals surface area (Å²) in [5.41, 5.74) is 1.10. The molecule has 0 bridgehead atoms. The monoisotopic (exact) mass is 414 g/mol. The number of aromatic nitrogens is 3. The van der Waals surface area contributed by atoms with Crippen LogP contribution in [-0.4, -0.2) is 33.8 Å². The molecule has 0 aliphatic heterocycles. The molecule has 0 aliphatic carbocycles.